The van der Waals surface area contributed by atoms with Gasteiger partial charge in [-0.25, -0.2) is 0 Å². The maximum absolute atomic E-state index is 5.55. The van der Waals surface area contributed by atoms with E-state index in [1.54, 1.807) is 7.11 Å². The minimum atomic E-state index is 0.191. The Morgan fingerprint density at radius 1 is 1.39 bits per heavy atom. The van der Waals surface area contributed by atoms with Crippen LogP contribution < -0.4 is 10.1 Å². The second-order valence-corrected chi connectivity index (χ2v) is 6.00. The molecule has 1 saturated heterocycles. The second-order valence-electron chi connectivity index (χ2n) is 6.00. The van der Waals surface area contributed by atoms with Crippen LogP contribution in [0, 0.1) is 5.92 Å². The largest absolute Gasteiger partial charge is 0.496 e. The summed E-state index contributed by atoms with van der Waals surface area (Å²) in [5.41, 5.74) is 1.54. The highest BCUT2D eigenvalue weighted by molar-refractivity contribution is 5.41. The fourth-order valence-corrected chi connectivity index (χ4v) is 3.16. The van der Waals surface area contributed by atoms with E-state index < -0.39 is 0 Å². The molecule has 100 valence electrons. The highest BCUT2D eigenvalue weighted by Crippen LogP contribution is 2.41. The molecule has 1 fully saturated rings. The van der Waals surface area contributed by atoms with Crippen LogP contribution in [0.25, 0.3) is 0 Å². The number of hydrogen-bond acceptors (Lipinski definition) is 2. The van der Waals surface area contributed by atoms with Crippen LogP contribution in [-0.2, 0) is 5.41 Å². The van der Waals surface area contributed by atoms with Crippen LogP contribution in [0.4, 0.5) is 0 Å². The highest BCUT2D eigenvalue weighted by atomic mass is 16.5. The second kappa shape index (κ2) is 5.31. The molecular formula is C16H25NO. The van der Waals surface area contributed by atoms with E-state index in [2.05, 4.69) is 44.3 Å². The summed E-state index contributed by atoms with van der Waals surface area (Å²) in [6, 6.07) is 9.01. The Morgan fingerprint density at radius 2 is 2.11 bits per heavy atom. The zero-order chi connectivity index (χ0) is 13.2. The van der Waals surface area contributed by atoms with Gasteiger partial charge in [0.25, 0.3) is 0 Å². The van der Waals surface area contributed by atoms with Gasteiger partial charge in [-0.1, -0.05) is 39.0 Å². The van der Waals surface area contributed by atoms with Crippen molar-refractivity contribution < 1.29 is 4.74 Å². The van der Waals surface area contributed by atoms with Crippen LogP contribution in [0.5, 0.6) is 5.75 Å². The predicted molar refractivity (Wildman–Crippen MR) is 76.2 cm³/mol. The van der Waals surface area contributed by atoms with Crippen LogP contribution in [-0.4, -0.2) is 19.7 Å². The van der Waals surface area contributed by atoms with E-state index in [9.17, 15) is 0 Å². The Bertz CT molecular complexity index is 402. The van der Waals surface area contributed by atoms with Crippen molar-refractivity contribution in [2.75, 3.05) is 13.7 Å². The smallest absolute Gasteiger partial charge is 0.122 e. The summed E-state index contributed by atoms with van der Waals surface area (Å²) in [5, 5.41) is 3.67. The number of ether oxygens (including phenoxy) is 1. The molecule has 2 rings (SSSR count). The number of methoxy groups -OCH3 is 1. The van der Waals surface area contributed by atoms with Crippen molar-refractivity contribution in [1.82, 2.24) is 5.32 Å². The van der Waals surface area contributed by atoms with Gasteiger partial charge in [-0.15, -0.1) is 0 Å². The van der Waals surface area contributed by atoms with Gasteiger partial charge in [0.2, 0.25) is 0 Å². The Kier molecular flexibility index (Phi) is 3.96. The molecule has 2 heteroatoms. The van der Waals surface area contributed by atoms with Gasteiger partial charge in [-0.3, -0.25) is 0 Å². The molecule has 0 amide bonds. The lowest BCUT2D eigenvalue weighted by molar-refractivity contribution is 0.327. The van der Waals surface area contributed by atoms with Crippen molar-refractivity contribution in [2.45, 2.75) is 45.1 Å². The molecule has 18 heavy (non-hydrogen) atoms. The quantitative estimate of drug-likeness (QED) is 0.881. The molecule has 0 aliphatic carbocycles. The zero-order valence-electron chi connectivity index (χ0n) is 12.0. The van der Waals surface area contributed by atoms with E-state index >= 15 is 0 Å². The topological polar surface area (TPSA) is 21.3 Å². The first-order valence-electron chi connectivity index (χ1n) is 6.95. The first-order valence-corrected chi connectivity index (χ1v) is 6.95. The average molecular weight is 247 g/mol. The molecule has 2 atom stereocenters. The molecule has 0 aromatic heterocycles. The monoisotopic (exact) mass is 247 g/mol. The lowest BCUT2D eigenvalue weighted by Crippen LogP contribution is -2.39. The fraction of sp³-hybridized carbons (Fsp3) is 0.625. The van der Waals surface area contributed by atoms with E-state index in [1.807, 2.05) is 6.07 Å². The third-order valence-electron chi connectivity index (χ3n) is 4.23. The van der Waals surface area contributed by atoms with Crippen LogP contribution >= 0.6 is 0 Å². The van der Waals surface area contributed by atoms with Crippen LogP contribution in [0.15, 0.2) is 24.3 Å². The van der Waals surface area contributed by atoms with Crippen LogP contribution in [0.2, 0.25) is 0 Å². The van der Waals surface area contributed by atoms with Gasteiger partial charge in [-0.05, 0) is 31.4 Å². The van der Waals surface area contributed by atoms with Crippen molar-refractivity contribution >= 4 is 0 Å². The summed E-state index contributed by atoms with van der Waals surface area (Å²) in [5.74, 6) is 1.74. The fourth-order valence-electron chi connectivity index (χ4n) is 3.16. The Balaban J connectivity index is 2.33. The average Bonchev–Trinajstić information content (AvgIpc) is 2.71. The lowest BCUT2D eigenvalue weighted by atomic mass is 9.73. The summed E-state index contributed by atoms with van der Waals surface area (Å²) < 4.78 is 5.55. The Hall–Kier alpha value is -1.02. The first-order chi connectivity index (χ1) is 8.58. The Labute approximate surface area is 111 Å². The standard InChI is InChI=1S/C16H25NO/c1-12(2)11-15-16(3,9-10-17-15)13-7-5-6-8-14(13)18-4/h5-8,12,15,17H,9-11H2,1-4H3. The van der Waals surface area contributed by atoms with E-state index in [1.165, 1.54) is 18.4 Å². The number of benzene rings is 1. The highest BCUT2D eigenvalue weighted by Gasteiger charge is 2.41. The molecule has 0 spiro atoms. The van der Waals surface area contributed by atoms with Crippen LogP contribution in [0.3, 0.4) is 0 Å². The van der Waals surface area contributed by atoms with Gasteiger partial charge >= 0.3 is 0 Å². The van der Waals surface area contributed by atoms with Gasteiger partial charge in [-0.2, -0.15) is 0 Å². The molecule has 1 aromatic carbocycles. The minimum Gasteiger partial charge on any atom is -0.496 e. The van der Waals surface area contributed by atoms with E-state index in [0.29, 0.717) is 6.04 Å². The van der Waals surface area contributed by atoms with Gasteiger partial charge in [0.05, 0.1) is 7.11 Å². The van der Waals surface area contributed by atoms with E-state index in [4.69, 9.17) is 4.74 Å². The summed E-state index contributed by atoms with van der Waals surface area (Å²) in [6.07, 6.45) is 2.40. The molecule has 0 saturated carbocycles. The predicted octanol–water partition coefficient (Wildman–Crippen LogP) is 3.36. The molecule has 1 aliphatic rings. The van der Waals surface area contributed by atoms with Gasteiger partial charge in [0, 0.05) is 17.0 Å². The number of rotatable bonds is 4. The van der Waals surface area contributed by atoms with Gasteiger partial charge in [0.1, 0.15) is 5.75 Å². The van der Waals surface area contributed by atoms with Crippen molar-refractivity contribution in [3.8, 4) is 5.75 Å². The minimum absolute atomic E-state index is 0.191. The maximum atomic E-state index is 5.55. The molecule has 1 aromatic rings. The lowest BCUT2D eigenvalue weighted by Gasteiger charge is -2.34. The third kappa shape index (κ3) is 2.39. The molecule has 1 heterocycles. The molecule has 1 aliphatic heterocycles. The molecule has 0 bridgehead atoms. The summed E-state index contributed by atoms with van der Waals surface area (Å²) in [6.45, 7) is 8.06. The SMILES string of the molecule is COc1ccccc1C1(C)CCNC1CC(C)C. The maximum Gasteiger partial charge on any atom is 0.122 e. The van der Waals surface area contributed by atoms with Crippen molar-refractivity contribution in [3.05, 3.63) is 29.8 Å². The molecule has 2 unspecified atom stereocenters. The summed E-state index contributed by atoms with van der Waals surface area (Å²) in [4.78, 5) is 0. The third-order valence-corrected chi connectivity index (χ3v) is 4.23. The van der Waals surface area contributed by atoms with E-state index in [0.717, 1.165) is 18.2 Å². The molecular weight excluding hydrogens is 222 g/mol. The van der Waals surface area contributed by atoms with Crippen molar-refractivity contribution in [2.24, 2.45) is 5.92 Å². The van der Waals surface area contributed by atoms with Gasteiger partial charge < -0.3 is 10.1 Å². The van der Waals surface area contributed by atoms with Crippen molar-refractivity contribution in [3.63, 3.8) is 0 Å². The molecule has 0 radical (unpaired) electrons. The number of nitrogens with one attached hydrogen (secondary N) is 1. The number of hydrogen-bond donors (Lipinski definition) is 1. The van der Waals surface area contributed by atoms with E-state index in [-0.39, 0.29) is 5.41 Å². The molecule has 1 N–H and O–H groups in total. The van der Waals surface area contributed by atoms with Gasteiger partial charge in [0.15, 0.2) is 0 Å². The normalized spacial score (nSPS) is 27.7. The van der Waals surface area contributed by atoms with Crippen molar-refractivity contribution in [1.29, 1.82) is 0 Å². The Morgan fingerprint density at radius 3 is 2.78 bits per heavy atom. The molecule has 2 nitrogen and oxygen atoms in total. The summed E-state index contributed by atoms with van der Waals surface area (Å²) >= 11 is 0. The van der Waals surface area contributed by atoms with Crippen LogP contribution in [0.1, 0.15) is 39.2 Å². The number of para-hydroxylation sites is 1. The first kappa shape index (κ1) is 13.4. The zero-order valence-corrected chi connectivity index (χ0v) is 12.0. The summed E-state index contributed by atoms with van der Waals surface area (Å²) in [7, 11) is 1.77.